The molecule has 8 heteroatoms. The van der Waals surface area contributed by atoms with E-state index in [1.54, 1.807) is 18.4 Å². The number of guanidine groups is 1. The maximum atomic E-state index is 12.8. The van der Waals surface area contributed by atoms with Crippen LogP contribution in [-0.4, -0.2) is 55.7 Å². The van der Waals surface area contributed by atoms with E-state index in [4.69, 9.17) is 4.74 Å². The van der Waals surface area contributed by atoms with Gasteiger partial charge in [0.05, 0.1) is 12.2 Å². The molecular formula is C24H35IN4O2S. The second kappa shape index (κ2) is 12.0. The molecule has 2 N–H and O–H groups in total. The fourth-order valence-electron chi connectivity index (χ4n) is 3.75. The lowest BCUT2D eigenvalue weighted by molar-refractivity contribution is -0.0586. The van der Waals surface area contributed by atoms with E-state index in [0.717, 1.165) is 18.1 Å². The quantitative estimate of drug-likeness (QED) is 0.310. The molecule has 32 heavy (non-hydrogen) atoms. The van der Waals surface area contributed by atoms with E-state index in [2.05, 4.69) is 47.0 Å². The van der Waals surface area contributed by atoms with Crippen molar-refractivity contribution in [1.82, 2.24) is 15.5 Å². The number of morpholine rings is 1. The number of ether oxygens (including phenoxy) is 1. The van der Waals surface area contributed by atoms with Crippen LogP contribution in [0.4, 0.5) is 0 Å². The number of carbonyl (C=O) groups is 1. The van der Waals surface area contributed by atoms with Gasteiger partial charge in [0, 0.05) is 49.1 Å². The summed E-state index contributed by atoms with van der Waals surface area (Å²) in [4.78, 5) is 20.4. The van der Waals surface area contributed by atoms with Gasteiger partial charge in [0.1, 0.15) is 0 Å². The van der Waals surface area contributed by atoms with Crippen LogP contribution in [0.3, 0.4) is 0 Å². The molecule has 0 spiro atoms. The van der Waals surface area contributed by atoms with Gasteiger partial charge in [-0.1, -0.05) is 32.0 Å². The van der Waals surface area contributed by atoms with E-state index >= 15 is 0 Å². The average molecular weight is 571 g/mol. The molecule has 1 saturated heterocycles. The van der Waals surface area contributed by atoms with Crippen molar-refractivity contribution in [2.24, 2.45) is 4.99 Å². The summed E-state index contributed by atoms with van der Waals surface area (Å²) in [5.74, 6) is 0.830. The molecule has 3 rings (SSSR count). The van der Waals surface area contributed by atoms with Gasteiger partial charge >= 0.3 is 0 Å². The van der Waals surface area contributed by atoms with E-state index in [0.29, 0.717) is 25.2 Å². The number of hydrogen-bond donors (Lipinski definition) is 2. The lowest BCUT2D eigenvalue weighted by Gasteiger charge is -2.35. The van der Waals surface area contributed by atoms with Gasteiger partial charge in [-0.05, 0) is 43.0 Å². The summed E-state index contributed by atoms with van der Waals surface area (Å²) in [5.41, 5.74) is 1.84. The number of amides is 1. The van der Waals surface area contributed by atoms with E-state index in [9.17, 15) is 4.79 Å². The molecule has 2 heterocycles. The van der Waals surface area contributed by atoms with Gasteiger partial charge in [0.25, 0.3) is 5.91 Å². The topological polar surface area (TPSA) is 66.0 Å². The minimum atomic E-state index is 0. The number of halogens is 1. The number of aliphatic imine (C=N–C) groups is 1. The Morgan fingerprint density at radius 2 is 1.81 bits per heavy atom. The SMILES string of the molecule is CN=C(NCc1ccc(C(=O)N2CC(C)OC(C)C2)cc1)NCC(C)(C)c1cccs1.I. The molecule has 0 radical (unpaired) electrons. The molecule has 0 bridgehead atoms. The summed E-state index contributed by atoms with van der Waals surface area (Å²) >= 11 is 1.78. The third-order valence-corrected chi connectivity index (χ3v) is 6.71. The van der Waals surface area contributed by atoms with Crippen molar-refractivity contribution < 1.29 is 9.53 Å². The van der Waals surface area contributed by atoms with E-state index in [1.165, 1.54) is 4.88 Å². The summed E-state index contributed by atoms with van der Waals surface area (Å²) in [7, 11) is 1.78. The van der Waals surface area contributed by atoms with Gasteiger partial charge in [-0.15, -0.1) is 35.3 Å². The molecule has 2 atom stereocenters. The molecule has 1 aliphatic rings. The van der Waals surface area contributed by atoms with Crippen molar-refractivity contribution in [3.63, 3.8) is 0 Å². The lowest BCUT2D eigenvalue weighted by Crippen LogP contribution is -2.48. The summed E-state index contributed by atoms with van der Waals surface area (Å²) < 4.78 is 5.73. The molecule has 2 unspecified atom stereocenters. The van der Waals surface area contributed by atoms with Crippen LogP contribution in [0.1, 0.15) is 48.5 Å². The molecule has 2 aromatic rings. The highest BCUT2D eigenvalue weighted by molar-refractivity contribution is 14.0. The van der Waals surface area contributed by atoms with Crippen LogP contribution in [0.25, 0.3) is 0 Å². The van der Waals surface area contributed by atoms with E-state index in [1.807, 2.05) is 43.0 Å². The van der Waals surface area contributed by atoms with Crippen LogP contribution in [0, 0.1) is 0 Å². The molecular weight excluding hydrogens is 535 g/mol. The molecule has 1 aliphatic heterocycles. The second-order valence-corrected chi connectivity index (χ2v) is 9.75. The van der Waals surface area contributed by atoms with Crippen molar-refractivity contribution in [1.29, 1.82) is 0 Å². The van der Waals surface area contributed by atoms with Gasteiger partial charge in [-0.25, -0.2) is 0 Å². The van der Waals surface area contributed by atoms with Crippen molar-refractivity contribution in [3.8, 4) is 0 Å². The third kappa shape index (κ3) is 7.18. The van der Waals surface area contributed by atoms with Crippen LogP contribution in [0.5, 0.6) is 0 Å². The predicted molar refractivity (Wildman–Crippen MR) is 143 cm³/mol. The maximum Gasteiger partial charge on any atom is 0.254 e. The number of nitrogens with zero attached hydrogens (tertiary/aromatic N) is 2. The zero-order valence-corrected chi connectivity index (χ0v) is 22.7. The van der Waals surface area contributed by atoms with E-state index in [-0.39, 0.29) is 47.5 Å². The standard InChI is InChI=1S/C24H34N4O2S.HI/c1-17-14-28(15-18(2)30-17)22(29)20-10-8-19(9-11-20)13-26-23(25-5)27-16-24(3,4)21-7-6-12-31-21;/h6-12,17-18H,13-16H2,1-5H3,(H2,25,26,27);1H. The van der Waals surface area contributed by atoms with Crippen LogP contribution in [-0.2, 0) is 16.7 Å². The Hall–Kier alpha value is -1.65. The van der Waals surface area contributed by atoms with Crippen LogP contribution < -0.4 is 10.6 Å². The highest BCUT2D eigenvalue weighted by Crippen LogP contribution is 2.26. The Kier molecular flexibility index (Phi) is 9.97. The first-order chi connectivity index (χ1) is 14.8. The average Bonchev–Trinajstić information content (AvgIpc) is 3.29. The normalized spacial score (nSPS) is 19.3. The first kappa shape index (κ1) is 26.6. The Morgan fingerprint density at radius 1 is 1.16 bits per heavy atom. The van der Waals surface area contributed by atoms with Crippen LogP contribution in [0.2, 0.25) is 0 Å². The fraction of sp³-hybridized carbons (Fsp3) is 0.500. The number of rotatable bonds is 6. The molecule has 6 nitrogen and oxygen atoms in total. The molecule has 0 saturated carbocycles. The molecule has 1 amide bonds. The van der Waals surface area contributed by atoms with Crippen LogP contribution >= 0.6 is 35.3 Å². The van der Waals surface area contributed by atoms with Crippen molar-refractivity contribution >= 4 is 47.2 Å². The Bertz CT molecular complexity index is 874. The smallest absolute Gasteiger partial charge is 0.254 e. The molecule has 1 fully saturated rings. The van der Waals surface area contributed by atoms with Crippen molar-refractivity contribution in [3.05, 3.63) is 57.8 Å². The summed E-state index contributed by atoms with van der Waals surface area (Å²) in [5, 5.41) is 8.89. The molecule has 1 aromatic heterocycles. The zero-order chi connectivity index (χ0) is 22.4. The Morgan fingerprint density at radius 3 is 2.38 bits per heavy atom. The number of thiophene rings is 1. The lowest BCUT2D eigenvalue weighted by atomic mass is 9.91. The van der Waals surface area contributed by atoms with Gasteiger partial charge < -0.3 is 20.3 Å². The number of nitrogens with one attached hydrogen (secondary N) is 2. The summed E-state index contributed by atoms with van der Waals surface area (Å²) in [6.45, 7) is 11.2. The summed E-state index contributed by atoms with van der Waals surface area (Å²) in [6.07, 6.45) is 0.139. The fourth-order valence-corrected chi connectivity index (χ4v) is 4.61. The number of benzene rings is 1. The highest BCUT2D eigenvalue weighted by atomic mass is 127. The molecule has 176 valence electrons. The minimum absolute atomic E-state index is 0. The summed E-state index contributed by atoms with van der Waals surface area (Å²) in [6, 6.07) is 12.1. The van der Waals surface area contributed by atoms with Crippen LogP contribution in [0.15, 0.2) is 46.8 Å². The second-order valence-electron chi connectivity index (χ2n) is 8.80. The Labute approximate surface area is 212 Å². The van der Waals surface area contributed by atoms with Gasteiger partial charge in [0.15, 0.2) is 5.96 Å². The van der Waals surface area contributed by atoms with Gasteiger partial charge in [0.2, 0.25) is 0 Å². The van der Waals surface area contributed by atoms with Crippen molar-refractivity contribution in [2.45, 2.75) is 51.9 Å². The molecule has 1 aromatic carbocycles. The largest absolute Gasteiger partial charge is 0.372 e. The Balaban J connectivity index is 0.00000363. The predicted octanol–water partition coefficient (Wildman–Crippen LogP) is 4.26. The maximum absolute atomic E-state index is 12.8. The zero-order valence-electron chi connectivity index (χ0n) is 19.6. The first-order valence-electron chi connectivity index (χ1n) is 10.8. The monoisotopic (exact) mass is 570 g/mol. The number of hydrogen-bond acceptors (Lipinski definition) is 4. The molecule has 0 aliphatic carbocycles. The van der Waals surface area contributed by atoms with Gasteiger partial charge in [-0.2, -0.15) is 0 Å². The number of carbonyl (C=O) groups excluding carboxylic acids is 1. The minimum Gasteiger partial charge on any atom is -0.372 e. The van der Waals surface area contributed by atoms with Crippen molar-refractivity contribution in [2.75, 3.05) is 26.7 Å². The van der Waals surface area contributed by atoms with Gasteiger partial charge in [-0.3, -0.25) is 9.79 Å². The third-order valence-electron chi connectivity index (χ3n) is 5.48. The first-order valence-corrected chi connectivity index (χ1v) is 11.7. The van der Waals surface area contributed by atoms with E-state index < -0.39 is 0 Å². The highest BCUT2D eigenvalue weighted by Gasteiger charge is 2.26.